The van der Waals surface area contributed by atoms with Crippen LogP contribution in [-0.4, -0.2) is 59.6 Å². The normalized spacial score (nSPS) is 38.1. The van der Waals surface area contributed by atoms with Crippen molar-refractivity contribution in [1.82, 2.24) is 13.8 Å². The number of anilines is 1. The van der Waals surface area contributed by atoms with Gasteiger partial charge in [0.25, 0.3) is 0 Å². The predicted octanol–water partition coefficient (Wildman–Crippen LogP) is 6.13. The summed E-state index contributed by atoms with van der Waals surface area (Å²) in [6.07, 6.45) is 8.87. The lowest BCUT2D eigenvalue weighted by Gasteiger charge is -2.68. The van der Waals surface area contributed by atoms with Crippen LogP contribution >= 0.6 is 27.7 Å². The van der Waals surface area contributed by atoms with E-state index in [0.717, 1.165) is 30.2 Å². The molecule has 0 amide bonds. The van der Waals surface area contributed by atoms with E-state index in [4.69, 9.17) is 11.6 Å². The van der Waals surface area contributed by atoms with Gasteiger partial charge in [-0.2, -0.15) is 4.44 Å². The average Bonchev–Trinajstić information content (AvgIpc) is 2.63. The molecule has 5 aliphatic rings. The van der Waals surface area contributed by atoms with E-state index in [1.807, 2.05) is 0 Å². The lowest BCUT2D eigenvalue weighted by Crippen LogP contribution is -2.63. The first kappa shape index (κ1) is 20.9. The van der Waals surface area contributed by atoms with Crippen LogP contribution in [0.1, 0.15) is 38.5 Å². The molecule has 1 aromatic carbocycles. The molecule has 4 nitrogen and oxygen atoms in total. The SMILES string of the molecule is CN(C)[P+]1(N(C)C)N(CCCl)P(C23CC4CC(CC(C4)C2)C3)N1c1ccccc1. The molecule has 4 saturated carbocycles. The van der Waals surface area contributed by atoms with Crippen molar-refractivity contribution in [2.45, 2.75) is 43.7 Å². The summed E-state index contributed by atoms with van der Waals surface area (Å²) in [6.45, 7) is 1.00. The van der Waals surface area contributed by atoms with Crippen LogP contribution in [0.5, 0.6) is 0 Å². The summed E-state index contributed by atoms with van der Waals surface area (Å²) in [5.41, 5.74) is 1.41. The highest BCUT2D eigenvalue weighted by Crippen LogP contribution is 2.94. The minimum Gasteiger partial charge on any atom is -0.163 e. The number of benzene rings is 1. The highest BCUT2D eigenvalue weighted by Gasteiger charge is 2.78. The number of alkyl halides is 1. The van der Waals surface area contributed by atoms with Crippen molar-refractivity contribution in [3.05, 3.63) is 30.3 Å². The molecule has 1 aromatic rings. The molecule has 0 N–H and O–H groups in total. The molecule has 1 saturated heterocycles. The van der Waals surface area contributed by atoms with Gasteiger partial charge < -0.3 is 0 Å². The molecule has 7 heteroatoms. The monoisotopic (exact) mass is 453 g/mol. The maximum atomic E-state index is 6.44. The van der Waals surface area contributed by atoms with Crippen molar-refractivity contribution < 1.29 is 0 Å². The molecule has 1 unspecified atom stereocenters. The van der Waals surface area contributed by atoms with Gasteiger partial charge in [0.05, 0.1) is 12.2 Å². The molecule has 0 spiro atoms. The Morgan fingerprint density at radius 3 is 1.93 bits per heavy atom. The van der Waals surface area contributed by atoms with Crippen molar-refractivity contribution in [1.29, 1.82) is 0 Å². The second-order valence-corrected chi connectivity index (χ2v) is 17.0. The van der Waals surface area contributed by atoms with Gasteiger partial charge in [0.1, 0.15) is 0 Å². The van der Waals surface area contributed by atoms with Gasteiger partial charge in [-0.25, -0.2) is 0 Å². The molecule has 1 atom stereocenters. The fraction of sp³-hybridized carbons (Fsp3) is 0.727. The minimum absolute atomic E-state index is 0.385. The van der Waals surface area contributed by atoms with Crippen LogP contribution in [0.3, 0.4) is 0 Å². The third kappa shape index (κ3) is 2.97. The average molecular weight is 454 g/mol. The molecule has 0 aromatic heterocycles. The molecule has 5 fully saturated rings. The number of halogens is 1. The lowest BCUT2D eigenvalue weighted by molar-refractivity contribution is 0.0335. The van der Waals surface area contributed by atoms with Crippen LogP contribution in [0.25, 0.3) is 0 Å². The van der Waals surface area contributed by atoms with E-state index >= 15 is 0 Å². The predicted molar refractivity (Wildman–Crippen MR) is 128 cm³/mol. The Labute approximate surface area is 184 Å². The summed E-state index contributed by atoms with van der Waals surface area (Å²) < 4.78 is 10.8. The Kier molecular flexibility index (Phi) is 5.47. The Balaban J connectivity index is 1.62. The number of para-hydroxylation sites is 1. The van der Waals surface area contributed by atoms with Gasteiger partial charge in [0, 0.05) is 39.2 Å². The first-order chi connectivity index (χ1) is 13.9. The number of hydrogen-bond acceptors (Lipinski definition) is 4. The molecule has 0 radical (unpaired) electrons. The molecular weight excluding hydrogens is 418 g/mol. The Morgan fingerprint density at radius 2 is 1.48 bits per heavy atom. The molecule has 29 heavy (non-hydrogen) atoms. The van der Waals surface area contributed by atoms with Crippen molar-refractivity contribution in [3.63, 3.8) is 0 Å². The number of hydrogen-bond donors (Lipinski definition) is 0. The summed E-state index contributed by atoms with van der Waals surface area (Å²) in [6, 6.07) is 11.3. The summed E-state index contributed by atoms with van der Waals surface area (Å²) >= 11 is 6.44. The molecule has 6 rings (SSSR count). The van der Waals surface area contributed by atoms with E-state index in [9.17, 15) is 0 Å². The molecule has 160 valence electrons. The van der Waals surface area contributed by atoms with E-state index in [0.29, 0.717) is 5.16 Å². The van der Waals surface area contributed by atoms with E-state index < -0.39 is 7.87 Å². The second kappa shape index (κ2) is 7.58. The van der Waals surface area contributed by atoms with E-state index in [1.165, 1.54) is 44.2 Å². The van der Waals surface area contributed by atoms with Gasteiger partial charge in [0.2, 0.25) is 0 Å². The maximum absolute atomic E-state index is 6.44. The van der Waals surface area contributed by atoms with Crippen LogP contribution in [-0.2, 0) is 0 Å². The van der Waals surface area contributed by atoms with Crippen LogP contribution < -0.4 is 4.44 Å². The van der Waals surface area contributed by atoms with Gasteiger partial charge in [-0.3, -0.25) is 0 Å². The van der Waals surface area contributed by atoms with Crippen LogP contribution in [0, 0.1) is 17.8 Å². The standard InChI is InChI=1S/C22H36ClN4P2/c1-24(2)29(25(3)4)26(11-10-23)28(27(29)21-8-6-5-7-9-21)22-15-18-12-19(16-22)14-20(13-18)17-22/h5-9,18-20H,10-17H2,1-4H3/q+1. The third-order valence-corrected chi connectivity index (χ3v) is 16.7. The van der Waals surface area contributed by atoms with Crippen LogP contribution in [0.2, 0.25) is 0 Å². The van der Waals surface area contributed by atoms with Crippen molar-refractivity contribution >= 4 is 33.4 Å². The quantitative estimate of drug-likeness (QED) is 0.379. The molecule has 4 bridgehead atoms. The van der Waals surface area contributed by atoms with E-state index in [2.05, 4.69) is 76.7 Å². The molecule has 1 heterocycles. The largest absolute Gasteiger partial charge is 0.341 e. The van der Waals surface area contributed by atoms with Gasteiger partial charge >= 0.3 is 7.87 Å². The van der Waals surface area contributed by atoms with Crippen LogP contribution in [0.4, 0.5) is 5.69 Å². The van der Waals surface area contributed by atoms with Gasteiger partial charge in [-0.05, 0) is 68.4 Å². The minimum atomic E-state index is -1.77. The van der Waals surface area contributed by atoms with Crippen molar-refractivity contribution in [3.8, 4) is 0 Å². The first-order valence-corrected chi connectivity index (χ1v) is 14.5. The number of rotatable bonds is 6. The summed E-state index contributed by atoms with van der Waals surface area (Å²) in [7, 11) is 6.94. The highest BCUT2D eigenvalue weighted by atomic mass is 35.5. The fourth-order valence-electron chi connectivity index (χ4n) is 7.39. The van der Waals surface area contributed by atoms with Gasteiger partial charge in [-0.15, -0.1) is 20.9 Å². The smallest absolute Gasteiger partial charge is 0.163 e. The first-order valence-electron chi connectivity index (χ1n) is 11.2. The Morgan fingerprint density at radius 1 is 0.966 bits per heavy atom. The number of nitrogens with zero attached hydrogens (tertiary/aromatic N) is 4. The van der Waals surface area contributed by atoms with E-state index in [1.54, 1.807) is 0 Å². The molecule has 4 aliphatic carbocycles. The topological polar surface area (TPSA) is 13.0 Å². The highest BCUT2D eigenvalue weighted by molar-refractivity contribution is 7.96. The molecular formula is C22H36ClN4P2+. The molecule has 1 aliphatic heterocycles. The summed E-state index contributed by atoms with van der Waals surface area (Å²) in [5, 5.41) is 0.501. The third-order valence-electron chi connectivity index (χ3n) is 7.74. The summed E-state index contributed by atoms with van der Waals surface area (Å²) in [5.74, 6) is 3.65. The van der Waals surface area contributed by atoms with Crippen molar-refractivity contribution in [2.24, 2.45) is 17.8 Å². The van der Waals surface area contributed by atoms with Crippen molar-refractivity contribution in [2.75, 3.05) is 45.1 Å². The maximum Gasteiger partial charge on any atom is 0.341 e. The Bertz CT molecular complexity index is 700. The van der Waals surface area contributed by atoms with E-state index in [-0.39, 0.29) is 8.22 Å². The van der Waals surface area contributed by atoms with Crippen LogP contribution in [0.15, 0.2) is 30.3 Å². The van der Waals surface area contributed by atoms with Gasteiger partial charge in [-0.1, -0.05) is 22.6 Å². The van der Waals surface area contributed by atoms with Gasteiger partial charge in [0.15, 0.2) is 8.22 Å². The zero-order valence-electron chi connectivity index (χ0n) is 18.3. The fourth-order valence-corrected chi connectivity index (χ4v) is 19.4. The zero-order valence-corrected chi connectivity index (χ0v) is 20.9. The second-order valence-electron chi connectivity index (χ2n) is 10.1. The lowest BCUT2D eigenvalue weighted by atomic mass is 9.56. The Hall–Kier alpha value is 0.0500. The summed E-state index contributed by atoms with van der Waals surface area (Å²) in [4.78, 5) is 0. The zero-order chi connectivity index (χ0) is 20.4.